The van der Waals surface area contributed by atoms with Gasteiger partial charge in [-0.3, -0.25) is 0 Å². The minimum absolute atomic E-state index is 0.943. The number of benzene rings is 1. The molecule has 0 nitrogen and oxygen atoms in total. The summed E-state index contributed by atoms with van der Waals surface area (Å²) < 4.78 is 0. The molecule has 0 heterocycles. The molecule has 0 aromatic heterocycles. The van der Waals surface area contributed by atoms with Crippen molar-refractivity contribution in [2.45, 2.75) is 58.8 Å². The van der Waals surface area contributed by atoms with Crippen LogP contribution in [0, 0.1) is 5.92 Å². The zero-order chi connectivity index (χ0) is 12.8. The van der Waals surface area contributed by atoms with Crippen LogP contribution in [0.25, 0.3) is 5.57 Å². The summed E-state index contributed by atoms with van der Waals surface area (Å²) in [5.74, 6) is 0.943. The van der Waals surface area contributed by atoms with E-state index in [2.05, 4.69) is 44.2 Å². The highest BCUT2D eigenvalue weighted by Crippen LogP contribution is 2.32. The molecule has 1 aromatic rings. The van der Waals surface area contributed by atoms with Gasteiger partial charge in [-0.1, -0.05) is 63.5 Å². The summed E-state index contributed by atoms with van der Waals surface area (Å²) >= 11 is 0. The van der Waals surface area contributed by atoms with Crippen LogP contribution >= 0.6 is 0 Å². The minimum Gasteiger partial charge on any atom is -0.0804 e. The van der Waals surface area contributed by atoms with Crippen LogP contribution in [-0.2, 0) is 6.42 Å². The lowest BCUT2D eigenvalue weighted by Gasteiger charge is -2.21. The molecule has 1 aromatic carbocycles. The molecule has 1 atom stereocenters. The Morgan fingerprint density at radius 3 is 2.39 bits per heavy atom. The molecule has 0 radical (unpaired) electrons. The predicted octanol–water partition coefficient (Wildman–Crippen LogP) is 5.62. The van der Waals surface area contributed by atoms with Crippen molar-refractivity contribution in [3.05, 3.63) is 41.5 Å². The number of hydrogen-bond donors (Lipinski definition) is 0. The Balaban J connectivity index is 1.99. The lowest BCUT2D eigenvalue weighted by atomic mass is 9.84. The molecule has 0 heteroatoms. The zero-order valence-electron chi connectivity index (χ0n) is 11.9. The third kappa shape index (κ3) is 3.48. The largest absolute Gasteiger partial charge is 0.0804 e. The Morgan fingerprint density at radius 1 is 1.06 bits per heavy atom. The van der Waals surface area contributed by atoms with Crippen LogP contribution in [0.2, 0.25) is 0 Å². The smallest absolute Gasteiger partial charge is 0.0228 e. The third-order valence-corrected chi connectivity index (χ3v) is 4.08. The molecule has 2 rings (SSSR count). The maximum absolute atomic E-state index is 2.48. The van der Waals surface area contributed by atoms with Gasteiger partial charge in [0.25, 0.3) is 0 Å². The second-order valence-corrected chi connectivity index (χ2v) is 5.61. The topological polar surface area (TPSA) is 0 Å². The second kappa shape index (κ2) is 6.78. The normalized spacial score (nSPS) is 19.7. The molecule has 0 spiro atoms. The van der Waals surface area contributed by atoms with Crippen molar-refractivity contribution < 1.29 is 0 Å². The van der Waals surface area contributed by atoms with Crippen LogP contribution in [-0.4, -0.2) is 0 Å². The fraction of sp³-hybridized carbons (Fsp3) is 0.556. The first-order valence-electron chi connectivity index (χ1n) is 7.61. The predicted molar refractivity (Wildman–Crippen MR) is 80.7 cm³/mol. The maximum atomic E-state index is 2.48. The maximum Gasteiger partial charge on any atom is -0.0228 e. The number of aryl methyl sites for hydroxylation is 1. The summed E-state index contributed by atoms with van der Waals surface area (Å²) in [7, 11) is 0. The van der Waals surface area contributed by atoms with Crippen LogP contribution in [0.3, 0.4) is 0 Å². The molecule has 0 saturated heterocycles. The van der Waals surface area contributed by atoms with E-state index < -0.39 is 0 Å². The highest BCUT2D eigenvalue weighted by Gasteiger charge is 2.14. The summed E-state index contributed by atoms with van der Waals surface area (Å²) in [5.41, 5.74) is 4.50. The van der Waals surface area contributed by atoms with E-state index in [1.165, 1.54) is 56.1 Å². The van der Waals surface area contributed by atoms with E-state index in [0.717, 1.165) is 5.92 Å². The van der Waals surface area contributed by atoms with Gasteiger partial charge >= 0.3 is 0 Å². The first-order valence-corrected chi connectivity index (χ1v) is 7.61. The van der Waals surface area contributed by atoms with Crippen LogP contribution < -0.4 is 0 Å². The van der Waals surface area contributed by atoms with Gasteiger partial charge in [-0.2, -0.15) is 0 Å². The molecule has 0 fully saturated rings. The van der Waals surface area contributed by atoms with Gasteiger partial charge in [-0.15, -0.1) is 0 Å². The van der Waals surface area contributed by atoms with Gasteiger partial charge in [0.15, 0.2) is 0 Å². The SMILES string of the molecule is CCCc1ccc(C2=CCC(CCC)CC2)cc1. The van der Waals surface area contributed by atoms with E-state index in [-0.39, 0.29) is 0 Å². The number of allylic oxidation sites excluding steroid dienone is 2. The van der Waals surface area contributed by atoms with E-state index in [1.54, 1.807) is 5.57 Å². The second-order valence-electron chi connectivity index (χ2n) is 5.61. The van der Waals surface area contributed by atoms with Gasteiger partial charge in [-0.25, -0.2) is 0 Å². The molecule has 0 bridgehead atoms. The Hall–Kier alpha value is -1.04. The van der Waals surface area contributed by atoms with Crippen LogP contribution in [0.1, 0.15) is 63.5 Å². The van der Waals surface area contributed by atoms with E-state index in [4.69, 9.17) is 0 Å². The van der Waals surface area contributed by atoms with E-state index in [9.17, 15) is 0 Å². The van der Waals surface area contributed by atoms with Crippen LogP contribution in [0.15, 0.2) is 30.3 Å². The molecule has 0 amide bonds. The number of hydrogen-bond acceptors (Lipinski definition) is 0. The third-order valence-electron chi connectivity index (χ3n) is 4.08. The van der Waals surface area contributed by atoms with Gasteiger partial charge in [0, 0.05) is 0 Å². The summed E-state index contributed by atoms with van der Waals surface area (Å²) in [6.07, 6.45) is 11.6. The Bertz CT molecular complexity index is 383. The minimum atomic E-state index is 0.943. The Labute approximate surface area is 112 Å². The van der Waals surface area contributed by atoms with Crippen LogP contribution in [0.4, 0.5) is 0 Å². The Kier molecular flexibility index (Phi) is 5.04. The molecule has 1 aliphatic rings. The first-order chi connectivity index (χ1) is 8.83. The molecule has 0 N–H and O–H groups in total. The van der Waals surface area contributed by atoms with Crippen LogP contribution in [0.5, 0.6) is 0 Å². The summed E-state index contributed by atoms with van der Waals surface area (Å²) in [5, 5.41) is 0. The zero-order valence-corrected chi connectivity index (χ0v) is 11.9. The van der Waals surface area contributed by atoms with Gasteiger partial charge in [0.1, 0.15) is 0 Å². The van der Waals surface area contributed by atoms with E-state index >= 15 is 0 Å². The first kappa shape index (κ1) is 13.4. The lowest BCUT2D eigenvalue weighted by Crippen LogP contribution is -2.05. The average Bonchev–Trinajstić information content (AvgIpc) is 2.41. The molecule has 1 aliphatic carbocycles. The summed E-state index contributed by atoms with van der Waals surface area (Å²) in [6, 6.07) is 9.24. The Morgan fingerprint density at radius 2 is 1.83 bits per heavy atom. The van der Waals surface area contributed by atoms with Crippen molar-refractivity contribution >= 4 is 5.57 Å². The summed E-state index contributed by atoms with van der Waals surface area (Å²) in [4.78, 5) is 0. The molecule has 1 unspecified atom stereocenters. The van der Waals surface area contributed by atoms with Gasteiger partial charge in [0.05, 0.1) is 0 Å². The molecular weight excluding hydrogens is 216 g/mol. The summed E-state index contributed by atoms with van der Waals surface area (Å²) in [6.45, 7) is 4.54. The van der Waals surface area contributed by atoms with Crippen molar-refractivity contribution in [1.29, 1.82) is 0 Å². The molecule has 0 saturated carbocycles. The molecular formula is C18H26. The van der Waals surface area contributed by atoms with Gasteiger partial charge < -0.3 is 0 Å². The fourth-order valence-corrected chi connectivity index (χ4v) is 3.00. The van der Waals surface area contributed by atoms with Crippen molar-refractivity contribution in [1.82, 2.24) is 0 Å². The highest BCUT2D eigenvalue weighted by molar-refractivity contribution is 5.66. The van der Waals surface area contributed by atoms with E-state index in [0.29, 0.717) is 0 Å². The molecule has 98 valence electrons. The van der Waals surface area contributed by atoms with Crippen molar-refractivity contribution in [3.63, 3.8) is 0 Å². The highest BCUT2D eigenvalue weighted by atomic mass is 14.2. The van der Waals surface area contributed by atoms with Crippen molar-refractivity contribution in [2.75, 3.05) is 0 Å². The fourth-order valence-electron chi connectivity index (χ4n) is 3.00. The number of rotatable bonds is 5. The van der Waals surface area contributed by atoms with Crippen molar-refractivity contribution in [3.8, 4) is 0 Å². The quantitative estimate of drug-likeness (QED) is 0.628. The van der Waals surface area contributed by atoms with Gasteiger partial charge in [-0.05, 0) is 48.3 Å². The lowest BCUT2D eigenvalue weighted by molar-refractivity contribution is 0.445. The molecule has 0 aliphatic heterocycles. The molecule has 18 heavy (non-hydrogen) atoms. The van der Waals surface area contributed by atoms with E-state index in [1.807, 2.05) is 0 Å². The average molecular weight is 242 g/mol. The monoisotopic (exact) mass is 242 g/mol. The standard InChI is InChI=1S/C18H26/c1-3-5-15-7-11-17(12-8-15)18-13-9-16(6-4-2)10-14-18/h7-8,11-13,16H,3-6,9-10,14H2,1-2H3. The van der Waals surface area contributed by atoms with Gasteiger partial charge in [0.2, 0.25) is 0 Å². The van der Waals surface area contributed by atoms with Crippen molar-refractivity contribution in [2.24, 2.45) is 5.92 Å².